The average molecular weight is 349 g/mol. The number of fused-ring (bicyclic) bond motifs is 1. The summed E-state index contributed by atoms with van der Waals surface area (Å²) in [5.74, 6) is -0.891. The van der Waals surface area contributed by atoms with Crippen LogP contribution in [0.3, 0.4) is 0 Å². The van der Waals surface area contributed by atoms with Crippen LogP contribution >= 0.6 is 34.2 Å². The Bertz CT molecular complexity index is 574. The van der Waals surface area contributed by atoms with Crippen LogP contribution in [0.1, 0.15) is 5.56 Å². The maximum atomic E-state index is 10.7. The minimum absolute atomic E-state index is 0.0688. The van der Waals surface area contributed by atoms with E-state index in [-0.39, 0.29) is 6.42 Å². The molecule has 2 aromatic rings. The lowest BCUT2D eigenvalue weighted by Crippen LogP contribution is -2.02. The van der Waals surface area contributed by atoms with Crippen molar-refractivity contribution >= 4 is 51.1 Å². The zero-order valence-electron chi connectivity index (χ0n) is 7.94. The number of aromatic nitrogens is 2. The lowest BCUT2D eigenvalue weighted by molar-refractivity contribution is -0.136. The third-order valence-electron chi connectivity index (χ3n) is 2.08. The number of carboxylic acid groups (broad SMARTS) is 1. The van der Waals surface area contributed by atoms with Crippen LogP contribution in [0.15, 0.2) is 18.5 Å². The number of nitrogens with zero attached hydrogens (tertiary/aromatic N) is 2. The number of aliphatic carboxylic acids is 1. The van der Waals surface area contributed by atoms with Gasteiger partial charge in [-0.1, -0.05) is 11.6 Å². The van der Waals surface area contributed by atoms with Gasteiger partial charge in [0.15, 0.2) is 0 Å². The van der Waals surface area contributed by atoms with E-state index >= 15 is 0 Å². The molecule has 0 aliphatic rings. The molecule has 1 heterocycles. The summed E-state index contributed by atoms with van der Waals surface area (Å²) < 4.78 is 0.915. The Morgan fingerprint density at radius 2 is 2.19 bits per heavy atom. The van der Waals surface area contributed by atoms with Gasteiger partial charge in [0.2, 0.25) is 0 Å². The van der Waals surface area contributed by atoms with Crippen LogP contribution in [0, 0.1) is 3.57 Å². The molecule has 0 saturated carbocycles. The van der Waals surface area contributed by atoms with E-state index in [2.05, 4.69) is 32.6 Å². The molecule has 1 aromatic heterocycles. The van der Waals surface area contributed by atoms with Crippen molar-refractivity contribution in [1.29, 1.82) is 0 Å². The van der Waals surface area contributed by atoms with E-state index in [9.17, 15) is 4.79 Å². The molecule has 0 bridgehead atoms. The van der Waals surface area contributed by atoms with Gasteiger partial charge in [0.1, 0.15) is 11.5 Å². The highest BCUT2D eigenvalue weighted by molar-refractivity contribution is 14.1. The topological polar surface area (TPSA) is 63.1 Å². The highest BCUT2D eigenvalue weighted by Crippen LogP contribution is 2.25. The van der Waals surface area contributed by atoms with Crippen molar-refractivity contribution in [3.63, 3.8) is 0 Å². The van der Waals surface area contributed by atoms with E-state index in [0.717, 1.165) is 3.57 Å². The van der Waals surface area contributed by atoms with Gasteiger partial charge < -0.3 is 5.11 Å². The normalized spacial score (nSPS) is 10.6. The van der Waals surface area contributed by atoms with Gasteiger partial charge in [0.25, 0.3) is 0 Å². The van der Waals surface area contributed by atoms with Crippen LogP contribution in [-0.4, -0.2) is 21.0 Å². The lowest BCUT2D eigenvalue weighted by Gasteiger charge is -2.05. The fraction of sp³-hybridized carbons (Fsp3) is 0.100. The van der Waals surface area contributed by atoms with E-state index in [4.69, 9.17) is 16.7 Å². The molecule has 0 aliphatic carbocycles. The van der Waals surface area contributed by atoms with Crippen molar-refractivity contribution in [2.45, 2.75) is 6.42 Å². The second-order valence-corrected chi connectivity index (χ2v) is 4.80. The van der Waals surface area contributed by atoms with Gasteiger partial charge in [-0.2, -0.15) is 0 Å². The minimum Gasteiger partial charge on any atom is -0.481 e. The van der Waals surface area contributed by atoms with Crippen molar-refractivity contribution in [2.75, 3.05) is 0 Å². The van der Waals surface area contributed by atoms with Crippen LogP contribution in [0.5, 0.6) is 0 Å². The molecule has 0 fully saturated rings. The van der Waals surface area contributed by atoms with Crippen molar-refractivity contribution < 1.29 is 9.90 Å². The predicted octanol–water partition coefficient (Wildman–Crippen LogP) is 2.51. The molecule has 0 spiro atoms. The average Bonchev–Trinajstić information content (AvgIpc) is 2.18. The first kappa shape index (κ1) is 11.5. The molecule has 1 N–H and O–H groups in total. The van der Waals surface area contributed by atoms with E-state index in [0.29, 0.717) is 21.6 Å². The first-order valence-corrected chi connectivity index (χ1v) is 5.84. The third kappa shape index (κ3) is 2.25. The van der Waals surface area contributed by atoms with Crippen LogP contribution in [-0.2, 0) is 11.2 Å². The molecular formula is C10H6ClIN2O2. The van der Waals surface area contributed by atoms with Gasteiger partial charge in [-0.15, -0.1) is 0 Å². The molecule has 82 valence electrons. The molecule has 6 heteroatoms. The maximum Gasteiger partial charge on any atom is 0.307 e. The summed E-state index contributed by atoms with van der Waals surface area (Å²) in [6, 6.07) is 3.63. The fourth-order valence-corrected chi connectivity index (χ4v) is 2.34. The van der Waals surface area contributed by atoms with Gasteiger partial charge in [-0.3, -0.25) is 4.79 Å². The summed E-state index contributed by atoms with van der Waals surface area (Å²) >= 11 is 8.05. The number of benzene rings is 1. The van der Waals surface area contributed by atoms with Crippen LogP contribution in [0.25, 0.3) is 10.9 Å². The maximum absolute atomic E-state index is 10.7. The SMILES string of the molecule is O=C(O)Cc1cc(I)cc2c(Cl)ncnc12. The summed E-state index contributed by atoms with van der Waals surface area (Å²) in [4.78, 5) is 18.7. The van der Waals surface area contributed by atoms with E-state index in [1.807, 2.05) is 6.07 Å². The smallest absolute Gasteiger partial charge is 0.307 e. The molecule has 1 aromatic carbocycles. The van der Waals surface area contributed by atoms with Crippen LogP contribution in [0.4, 0.5) is 0 Å². The molecule has 0 radical (unpaired) electrons. The van der Waals surface area contributed by atoms with Gasteiger partial charge in [0, 0.05) is 8.96 Å². The standard InChI is InChI=1S/C10H6ClIN2O2/c11-10-7-3-6(12)1-5(2-8(15)16)9(7)13-4-14-10/h1,3-4H,2H2,(H,15,16). The number of carboxylic acids is 1. The Morgan fingerprint density at radius 3 is 2.88 bits per heavy atom. The molecule has 16 heavy (non-hydrogen) atoms. The predicted molar refractivity (Wildman–Crippen MR) is 68.6 cm³/mol. The van der Waals surface area contributed by atoms with E-state index in [1.165, 1.54) is 6.33 Å². The monoisotopic (exact) mass is 348 g/mol. The van der Waals surface area contributed by atoms with E-state index in [1.54, 1.807) is 6.07 Å². The number of rotatable bonds is 2. The largest absolute Gasteiger partial charge is 0.481 e. The Labute approximate surface area is 110 Å². The van der Waals surface area contributed by atoms with Gasteiger partial charge in [-0.25, -0.2) is 9.97 Å². The number of halogens is 2. The molecule has 0 amide bonds. The third-order valence-corrected chi connectivity index (χ3v) is 3.00. The van der Waals surface area contributed by atoms with Crippen molar-refractivity contribution in [1.82, 2.24) is 9.97 Å². The Morgan fingerprint density at radius 1 is 1.44 bits per heavy atom. The highest BCUT2D eigenvalue weighted by atomic mass is 127. The highest BCUT2D eigenvalue weighted by Gasteiger charge is 2.10. The molecule has 0 unspecified atom stereocenters. The first-order chi connectivity index (χ1) is 7.58. The van der Waals surface area contributed by atoms with Gasteiger partial charge in [0.05, 0.1) is 11.9 Å². The summed E-state index contributed by atoms with van der Waals surface area (Å²) in [6.07, 6.45) is 1.27. The quantitative estimate of drug-likeness (QED) is 0.669. The summed E-state index contributed by atoms with van der Waals surface area (Å²) in [5, 5.41) is 9.84. The molecule has 2 rings (SSSR count). The molecule has 0 saturated heterocycles. The second kappa shape index (κ2) is 4.50. The van der Waals surface area contributed by atoms with Crippen molar-refractivity contribution in [3.05, 3.63) is 32.7 Å². The van der Waals surface area contributed by atoms with E-state index < -0.39 is 5.97 Å². The zero-order valence-corrected chi connectivity index (χ0v) is 10.9. The van der Waals surface area contributed by atoms with Crippen LogP contribution in [0.2, 0.25) is 5.15 Å². The van der Waals surface area contributed by atoms with Crippen LogP contribution < -0.4 is 0 Å². The van der Waals surface area contributed by atoms with Gasteiger partial charge in [-0.05, 0) is 40.3 Å². The Balaban J connectivity index is 2.72. The van der Waals surface area contributed by atoms with Crippen molar-refractivity contribution in [3.8, 4) is 0 Å². The van der Waals surface area contributed by atoms with Crippen molar-refractivity contribution in [2.24, 2.45) is 0 Å². The Hall–Kier alpha value is -0.950. The molecular weight excluding hydrogens is 342 g/mol. The number of hydrogen-bond acceptors (Lipinski definition) is 3. The number of carbonyl (C=O) groups is 1. The first-order valence-electron chi connectivity index (χ1n) is 4.38. The molecule has 0 atom stereocenters. The lowest BCUT2D eigenvalue weighted by atomic mass is 10.1. The second-order valence-electron chi connectivity index (χ2n) is 3.20. The number of hydrogen-bond donors (Lipinski definition) is 1. The Kier molecular flexibility index (Phi) is 3.25. The zero-order chi connectivity index (χ0) is 11.7. The summed E-state index contributed by atoms with van der Waals surface area (Å²) in [5.41, 5.74) is 1.25. The van der Waals surface area contributed by atoms with Gasteiger partial charge >= 0.3 is 5.97 Å². The molecule has 0 aliphatic heterocycles. The molecule has 4 nitrogen and oxygen atoms in total. The fourth-order valence-electron chi connectivity index (χ4n) is 1.47. The summed E-state index contributed by atoms with van der Waals surface area (Å²) in [6.45, 7) is 0. The summed E-state index contributed by atoms with van der Waals surface area (Å²) in [7, 11) is 0. The minimum atomic E-state index is -0.891.